The Kier molecular flexibility index (Phi) is 4.58. The predicted molar refractivity (Wildman–Crippen MR) is 169 cm³/mol. The van der Waals surface area contributed by atoms with Gasteiger partial charge in [-0.2, -0.15) is 0 Å². The Morgan fingerprint density at radius 2 is 0.976 bits per heavy atom. The Balaban J connectivity index is 1.29. The van der Waals surface area contributed by atoms with Gasteiger partial charge in [-0.1, -0.05) is 78.9 Å². The summed E-state index contributed by atoms with van der Waals surface area (Å²) in [7, 11) is 0. The van der Waals surface area contributed by atoms with Crippen molar-refractivity contribution in [2.45, 2.75) is 0 Å². The number of aromatic nitrogens is 4. The van der Waals surface area contributed by atoms with Gasteiger partial charge in [-0.15, -0.1) is 0 Å². The Labute approximate surface area is 236 Å². The van der Waals surface area contributed by atoms with Gasteiger partial charge in [0.25, 0.3) is 0 Å². The van der Waals surface area contributed by atoms with Crippen molar-refractivity contribution >= 4 is 49.7 Å². The summed E-state index contributed by atoms with van der Waals surface area (Å²) < 4.78 is 6.90. The first-order valence-corrected chi connectivity index (χ1v) is 13.9. The number of rotatable bonds is 3. The molecule has 0 atom stereocenters. The molecule has 0 saturated carbocycles. The zero-order valence-corrected chi connectivity index (χ0v) is 22.1. The summed E-state index contributed by atoms with van der Waals surface area (Å²) in [5.41, 5.74) is 11.4. The maximum Gasteiger partial charge on any atom is 0.220 e. The second-order valence-electron chi connectivity index (χ2n) is 10.5. The van der Waals surface area contributed by atoms with Gasteiger partial charge in [0, 0.05) is 22.1 Å². The Morgan fingerprint density at radius 3 is 1.76 bits per heavy atom. The Hall–Kier alpha value is -5.61. The number of fused-ring (bicyclic) bond motifs is 8. The quantitative estimate of drug-likeness (QED) is 0.226. The van der Waals surface area contributed by atoms with E-state index >= 15 is 0 Å². The van der Waals surface area contributed by atoms with Gasteiger partial charge < -0.3 is 4.57 Å². The average molecular weight is 525 g/mol. The van der Waals surface area contributed by atoms with Crippen LogP contribution in [0.2, 0.25) is 0 Å². The van der Waals surface area contributed by atoms with Gasteiger partial charge in [-0.25, -0.2) is 4.98 Å². The molecule has 0 amide bonds. The maximum atomic E-state index is 5.11. The fourth-order valence-corrected chi connectivity index (χ4v) is 6.42. The van der Waals surface area contributed by atoms with Gasteiger partial charge in [0.1, 0.15) is 0 Å². The summed E-state index contributed by atoms with van der Waals surface area (Å²) in [5, 5.41) is 2.51. The average Bonchev–Trinajstić information content (AvgIpc) is 3.68. The van der Waals surface area contributed by atoms with Crippen LogP contribution >= 0.6 is 0 Å². The van der Waals surface area contributed by atoms with Gasteiger partial charge in [0.05, 0.1) is 33.1 Å². The monoisotopic (exact) mass is 524 g/mol. The number of hydrogen-bond donors (Lipinski definition) is 0. The third-order valence-electron chi connectivity index (χ3n) is 8.24. The molecule has 0 fully saturated rings. The van der Waals surface area contributed by atoms with E-state index in [1.54, 1.807) is 0 Å². The molecule has 0 spiro atoms. The van der Waals surface area contributed by atoms with Gasteiger partial charge >= 0.3 is 0 Å². The minimum Gasteiger partial charge on any atom is -0.309 e. The molecule has 3 aromatic heterocycles. The molecular formula is C37H24N4. The summed E-state index contributed by atoms with van der Waals surface area (Å²) in [6.45, 7) is 0. The summed E-state index contributed by atoms with van der Waals surface area (Å²) in [4.78, 5) is 5.11. The van der Waals surface area contributed by atoms with Crippen LogP contribution in [0.3, 0.4) is 0 Å². The summed E-state index contributed by atoms with van der Waals surface area (Å²) in [6, 6.07) is 51.8. The molecule has 192 valence electrons. The number of benzene rings is 6. The normalized spacial score (nSPS) is 11.9. The molecule has 0 aliphatic rings. The van der Waals surface area contributed by atoms with E-state index in [0.717, 1.165) is 33.5 Å². The molecule has 4 nitrogen and oxygen atoms in total. The highest BCUT2D eigenvalue weighted by atomic mass is 15.2. The zero-order valence-electron chi connectivity index (χ0n) is 22.1. The van der Waals surface area contributed by atoms with Crippen LogP contribution in [0.25, 0.3) is 72.2 Å². The number of para-hydroxylation sites is 5. The highest BCUT2D eigenvalue weighted by Crippen LogP contribution is 2.36. The number of imidazole rings is 2. The highest BCUT2D eigenvalue weighted by Gasteiger charge is 2.18. The topological polar surface area (TPSA) is 27.2 Å². The van der Waals surface area contributed by atoms with Gasteiger partial charge in [0.15, 0.2) is 0 Å². The molecule has 0 unspecified atom stereocenters. The molecule has 0 aliphatic heterocycles. The van der Waals surface area contributed by atoms with Gasteiger partial charge in [-0.3, -0.25) is 8.97 Å². The van der Waals surface area contributed by atoms with Crippen LogP contribution in [-0.4, -0.2) is 18.5 Å². The van der Waals surface area contributed by atoms with Crippen molar-refractivity contribution in [3.05, 3.63) is 146 Å². The lowest BCUT2D eigenvalue weighted by Gasteiger charge is -2.08. The number of nitrogens with zero attached hydrogens (tertiary/aromatic N) is 4. The van der Waals surface area contributed by atoms with Crippen molar-refractivity contribution in [1.82, 2.24) is 18.5 Å². The van der Waals surface area contributed by atoms with Gasteiger partial charge in [0.2, 0.25) is 5.78 Å². The second-order valence-corrected chi connectivity index (χ2v) is 10.5. The number of hydrogen-bond acceptors (Lipinski definition) is 1. The molecule has 3 heterocycles. The summed E-state index contributed by atoms with van der Waals surface area (Å²) in [6.07, 6.45) is 0. The van der Waals surface area contributed by atoms with E-state index in [0.29, 0.717) is 0 Å². The Morgan fingerprint density at radius 1 is 0.390 bits per heavy atom. The van der Waals surface area contributed by atoms with Crippen molar-refractivity contribution in [1.29, 1.82) is 0 Å². The lowest BCUT2D eigenvalue weighted by molar-refractivity contribution is 1.11. The van der Waals surface area contributed by atoms with E-state index in [2.05, 4.69) is 159 Å². The molecule has 9 aromatic rings. The van der Waals surface area contributed by atoms with Crippen LogP contribution in [0, 0.1) is 0 Å². The maximum absolute atomic E-state index is 5.11. The Bertz CT molecular complexity index is 2410. The fourth-order valence-electron chi connectivity index (χ4n) is 6.42. The van der Waals surface area contributed by atoms with E-state index in [4.69, 9.17) is 4.98 Å². The van der Waals surface area contributed by atoms with Gasteiger partial charge in [-0.05, 0) is 77.9 Å². The van der Waals surface area contributed by atoms with Crippen molar-refractivity contribution in [2.75, 3.05) is 0 Å². The minimum absolute atomic E-state index is 0.922. The third kappa shape index (κ3) is 3.19. The smallest absolute Gasteiger partial charge is 0.220 e. The van der Waals surface area contributed by atoms with Crippen LogP contribution in [0.4, 0.5) is 0 Å². The SMILES string of the molecule is c1ccc(-n2c3ccccc3c3cc(-c4ccc5nc6n(-c7ccccc7)c7ccccc7n6c5c4)ccc32)cc1. The standard InChI is InChI=1S/C37H24N4/c1-3-11-27(12-4-1)39-32-16-8-7-15-29(32)30-23-25(20-22-33(30)39)26-19-21-31-36(24-26)41-35-18-10-9-17-34(35)40(37(41)38-31)28-13-5-2-6-14-28/h1-24H. The van der Waals surface area contributed by atoms with Crippen molar-refractivity contribution < 1.29 is 0 Å². The molecule has 6 aromatic carbocycles. The molecule has 0 aliphatic carbocycles. The zero-order chi connectivity index (χ0) is 26.9. The highest BCUT2D eigenvalue weighted by molar-refractivity contribution is 6.10. The van der Waals surface area contributed by atoms with Crippen LogP contribution < -0.4 is 0 Å². The lowest BCUT2D eigenvalue weighted by atomic mass is 10.0. The van der Waals surface area contributed by atoms with E-state index in [-0.39, 0.29) is 0 Å². The molecule has 0 radical (unpaired) electrons. The largest absolute Gasteiger partial charge is 0.309 e. The second kappa shape index (κ2) is 8.44. The molecule has 0 saturated heterocycles. The molecular weight excluding hydrogens is 500 g/mol. The van der Waals surface area contributed by atoms with Crippen LogP contribution in [0.5, 0.6) is 0 Å². The molecule has 41 heavy (non-hydrogen) atoms. The van der Waals surface area contributed by atoms with Crippen LogP contribution in [0.15, 0.2) is 146 Å². The van der Waals surface area contributed by atoms with E-state index in [1.807, 2.05) is 0 Å². The molecule has 9 rings (SSSR count). The van der Waals surface area contributed by atoms with Crippen LogP contribution in [-0.2, 0) is 0 Å². The predicted octanol–water partition coefficient (Wildman–Crippen LogP) is 9.20. The molecule has 0 bridgehead atoms. The minimum atomic E-state index is 0.922. The third-order valence-corrected chi connectivity index (χ3v) is 8.24. The van der Waals surface area contributed by atoms with E-state index < -0.39 is 0 Å². The first-order chi connectivity index (χ1) is 20.3. The molecule has 4 heteroatoms. The first-order valence-electron chi connectivity index (χ1n) is 13.9. The van der Waals surface area contributed by atoms with Crippen molar-refractivity contribution in [3.8, 4) is 22.5 Å². The first kappa shape index (κ1) is 22.2. The van der Waals surface area contributed by atoms with Crippen molar-refractivity contribution in [3.63, 3.8) is 0 Å². The van der Waals surface area contributed by atoms with Crippen molar-refractivity contribution in [2.24, 2.45) is 0 Å². The fraction of sp³-hybridized carbons (Fsp3) is 0. The lowest BCUT2D eigenvalue weighted by Crippen LogP contribution is -1.94. The summed E-state index contributed by atoms with van der Waals surface area (Å²) >= 11 is 0. The molecule has 0 N–H and O–H groups in total. The van der Waals surface area contributed by atoms with Crippen LogP contribution in [0.1, 0.15) is 0 Å². The van der Waals surface area contributed by atoms with E-state index in [1.165, 1.54) is 38.6 Å². The van der Waals surface area contributed by atoms with E-state index in [9.17, 15) is 0 Å². The summed E-state index contributed by atoms with van der Waals surface area (Å²) in [5.74, 6) is 0.922.